The number of anilines is 1. The van der Waals surface area contributed by atoms with Gasteiger partial charge >= 0.3 is 5.97 Å². The molecule has 24 heavy (non-hydrogen) atoms. The van der Waals surface area contributed by atoms with Crippen molar-refractivity contribution in [2.24, 2.45) is 0 Å². The van der Waals surface area contributed by atoms with Crippen LogP contribution in [0.4, 0.5) is 5.69 Å². The molecule has 0 aliphatic rings. The van der Waals surface area contributed by atoms with Gasteiger partial charge in [0.05, 0.1) is 5.52 Å². The van der Waals surface area contributed by atoms with Crippen molar-refractivity contribution in [2.45, 2.75) is 33.2 Å². The number of aromatic nitrogens is 1. The highest BCUT2D eigenvalue weighted by Crippen LogP contribution is 2.33. The molecule has 1 aromatic heterocycles. The van der Waals surface area contributed by atoms with E-state index < -0.39 is 11.5 Å². The maximum absolute atomic E-state index is 12.7. The van der Waals surface area contributed by atoms with Crippen LogP contribution in [0, 0.1) is 0 Å². The van der Waals surface area contributed by atoms with Crippen molar-refractivity contribution in [2.75, 3.05) is 11.9 Å². The number of unbranched alkanes of at least 4 members (excludes halogenated alkanes) is 1. The summed E-state index contributed by atoms with van der Waals surface area (Å²) in [5.74, 6) is -1.28. The minimum Gasteiger partial charge on any atom is -0.504 e. The van der Waals surface area contributed by atoms with Crippen LogP contribution in [0.25, 0.3) is 10.9 Å². The third kappa shape index (κ3) is 3.59. The van der Waals surface area contributed by atoms with Crippen LogP contribution in [0.2, 0.25) is 0 Å². The Kier molecular flexibility index (Phi) is 5.63. The summed E-state index contributed by atoms with van der Waals surface area (Å²) in [4.78, 5) is 23.9. The van der Waals surface area contributed by atoms with Gasteiger partial charge in [0.15, 0.2) is 5.75 Å². The summed E-state index contributed by atoms with van der Waals surface area (Å²) in [6, 6.07) is 5.29. The van der Waals surface area contributed by atoms with E-state index in [1.807, 2.05) is 6.92 Å². The van der Waals surface area contributed by atoms with E-state index >= 15 is 0 Å². The van der Waals surface area contributed by atoms with Crippen molar-refractivity contribution in [3.8, 4) is 11.5 Å². The fraction of sp³-hybridized carbons (Fsp3) is 0.333. The predicted molar refractivity (Wildman–Crippen MR) is 94.8 cm³/mol. The number of esters is 1. The van der Waals surface area contributed by atoms with Gasteiger partial charge in [0.1, 0.15) is 0 Å². The average molecular weight is 330 g/mol. The molecule has 0 amide bonds. The molecule has 1 aromatic carbocycles. The number of ether oxygens (including phenoxy) is 1. The lowest BCUT2D eigenvalue weighted by molar-refractivity contribution is -0.132. The lowest BCUT2D eigenvalue weighted by Gasteiger charge is -2.15. The van der Waals surface area contributed by atoms with Gasteiger partial charge in [0.2, 0.25) is 5.75 Å². The average Bonchev–Trinajstić information content (AvgIpc) is 2.56. The van der Waals surface area contributed by atoms with Crippen LogP contribution < -0.4 is 15.6 Å². The van der Waals surface area contributed by atoms with E-state index in [-0.39, 0.29) is 11.5 Å². The first-order chi connectivity index (χ1) is 11.5. The normalized spacial score (nSPS) is 10.6. The number of hydrogen-bond acceptors (Lipinski definition) is 5. The molecule has 6 heteroatoms. The molecule has 0 radical (unpaired) electrons. The van der Waals surface area contributed by atoms with Gasteiger partial charge in [0.25, 0.3) is 5.56 Å². The standard InChI is InChI=1S/C18H22N2O4/c1-4-6-10-20-15-11-13(19-9-5-2)7-8-14(15)16(22)17(18(20)23)24-12(3)21/h5,7-8,11,19,22H,2,4,6,9-10H2,1,3H3. The molecule has 0 spiro atoms. The highest BCUT2D eigenvalue weighted by atomic mass is 16.5. The number of nitrogens with zero attached hydrogens (tertiary/aromatic N) is 1. The van der Waals surface area contributed by atoms with E-state index in [0.717, 1.165) is 18.5 Å². The number of aromatic hydroxyl groups is 1. The molecule has 6 nitrogen and oxygen atoms in total. The molecule has 0 bridgehead atoms. The Labute approximate surface area is 140 Å². The number of hydrogen-bond donors (Lipinski definition) is 2. The number of rotatable bonds is 7. The minimum atomic E-state index is -0.645. The predicted octanol–water partition coefficient (Wildman–Crippen LogP) is 3.03. The molecule has 0 unspecified atom stereocenters. The second-order valence-corrected chi connectivity index (χ2v) is 5.48. The Hall–Kier alpha value is -2.76. The quantitative estimate of drug-likeness (QED) is 0.602. The van der Waals surface area contributed by atoms with Crippen LogP contribution in [-0.4, -0.2) is 22.2 Å². The molecule has 0 atom stereocenters. The first-order valence-corrected chi connectivity index (χ1v) is 7.92. The fourth-order valence-electron chi connectivity index (χ4n) is 2.48. The zero-order chi connectivity index (χ0) is 17.7. The summed E-state index contributed by atoms with van der Waals surface area (Å²) >= 11 is 0. The number of carbonyl (C=O) groups excluding carboxylic acids is 1. The van der Waals surface area contributed by atoms with Crippen molar-refractivity contribution in [1.82, 2.24) is 4.57 Å². The van der Waals surface area contributed by atoms with Crippen molar-refractivity contribution in [3.63, 3.8) is 0 Å². The van der Waals surface area contributed by atoms with E-state index in [1.54, 1.807) is 24.3 Å². The molecule has 0 aliphatic heterocycles. The summed E-state index contributed by atoms with van der Waals surface area (Å²) in [5.41, 5.74) is 0.895. The van der Waals surface area contributed by atoms with E-state index in [2.05, 4.69) is 11.9 Å². The van der Waals surface area contributed by atoms with Gasteiger partial charge in [-0.25, -0.2) is 0 Å². The maximum Gasteiger partial charge on any atom is 0.308 e. The highest BCUT2D eigenvalue weighted by molar-refractivity contribution is 5.90. The Balaban J connectivity index is 2.69. The monoisotopic (exact) mass is 330 g/mol. The van der Waals surface area contributed by atoms with Crippen molar-refractivity contribution < 1.29 is 14.6 Å². The molecular weight excluding hydrogens is 308 g/mol. The lowest BCUT2D eigenvalue weighted by Crippen LogP contribution is -2.24. The Bertz CT molecular complexity index is 824. The number of fused-ring (bicyclic) bond motifs is 1. The van der Waals surface area contributed by atoms with E-state index in [1.165, 1.54) is 11.5 Å². The summed E-state index contributed by atoms with van der Waals surface area (Å²) < 4.78 is 6.49. The maximum atomic E-state index is 12.7. The van der Waals surface area contributed by atoms with Gasteiger partial charge in [-0.3, -0.25) is 9.59 Å². The minimum absolute atomic E-state index is 0.312. The first-order valence-electron chi connectivity index (χ1n) is 7.92. The molecule has 2 N–H and O–H groups in total. The molecule has 1 heterocycles. The number of benzene rings is 1. The third-order valence-electron chi connectivity index (χ3n) is 3.63. The molecule has 2 aromatic rings. The summed E-state index contributed by atoms with van der Waals surface area (Å²) in [6.07, 6.45) is 3.44. The van der Waals surface area contributed by atoms with Crippen LogP contribution in [0.1, 0.15) is 26.7 Å². The Morgan fingerprint density at radius 1 is 1.46 bits per heavy atom. The molecule has 2 rings (SSSR count). The van der Waals surface area contributed by atoms with Gasteiger partial charge in [0, 0.05) is 31.1 Å². The molecule has 128 valence electrons. The number of nitrogens with one attached hydrogen (secondary N) is 1. The smallest absolute Gasteiger partial charge is 0.308 e. The van der Waals surface area contributed by atoms with Gasteiger partial charge < -0.3 is 19.7 Å². The molecule has 0 fully saturated rings. The lowest BCUT2D eigenvalue weighted by atomic mass is 10.1. The van der Waals surface area contributed by atoms with Gasteiger partial charge in [-0.1, -0.05) is 19.4 Å². The van der Waals surface area contributed by atoms with Crippen molar-refractivity contribution in [1.29, 1.82) is 0 Å². The summed E-state index contributed by atoms with van der Waals surface area (Å²) in [5, 5.41) is 14.0. The zero-order valence-corrected chi connectivity index (χ0v) is 14.0. The van der Waals surface area contributed by atoms with Gasteiger partial charge in [-0.05, 0) is 24.6 Å². The first kappa shape index (κ1) is 17.6. The summed E-state index contributed by atoms with van der Waals surface area (Å²) in [6.45, 7) is 7.94. The van der Waals surface area contributed by atoms with Crippen molar-refractivity contribution in [3.05, 3.63) is 41.2 Å². The fourth-order valence-corrected chi connectivity index (χ4v) is 2.48. The van der Waals surface area contributed by atoms with Crippen LogP contribution in [0.5, 0.6) is 11.5 Å². The molecule has 0 saturated heterocycles. The second-order valence-electron chi connectivity index (χ2n) is 5.48. The van der Waals surface area contributed by atoms with Gasteiger partial charge in [-0.15, -0.1) is 6.58 Å². The third-order valence-corrected chi connectivity index (χ3v) is 3.63. The van der Waals surface area contributed by atoms with Crippen LogP contribution in [0.3, 0.4) is 0 Å². The van der Waals surface area contributed by atoms with E-state index in [4.69, 9.17) is 4.74 Å². The number of aryl methyl sites for hydroxylation is 1. The van der Waals surface area contributed by atoms with Gasteiger partial charge in [-0.2, -0.15) is 0 Å². The molecular formula is C18H22N2O4. The zero-order valence-electron chi connectivity index (χ0n) is 14.0. The van der Waals surface area contributed by atoms with Crippen molar-refractivity contribution >= 4 is 22.6 Å². The van der Waals surface area contributed by atoms with Crippen LogP contribution in [0.15, 0.2) is 35.6 Å². The molecule has 0 aliphatic carbocycles. The van der Waals surface area contributed by atoms with E-state index in [0.29, 0.717) is 24.0 Å². The molecule has 0 saturated carbocycles. The van der Waals surface area contributed by atoms with Crippen LogP contribution >= 0.6 is 0 Å². The van der Waals surface area contributed by atoms with E-state index in [9.17, 15) is 14.7 Å². The topological polar surface area (TPSA) is 80.6 Å². The highest BCUT2D eigenvalue weighted by Gasteiger charge is 2.19. The number of pyridine rings is 1. The SMILES string of the molecule is C=CCNc1ccc2c(O)c(OC(C)=O)c(=O)n(CCCC)c2c1. The van der Waals surface area contributed by atoms with Crippen LogP contribution in [-0.2, 0) is 11.3 Å². The largest absolute Gasteiger partial charge is 0.504 e. The second kappa shape index (κ2) is 7.68. The summed E-state index contributed by atoms with van der Waals surface area (Å²) in [7, 11) is 0. The Morgan fingerprint density at radius 2 is 2.21 bits per heavy atom. The number of carbonyl (C=O) groups is 1. The Morgan fingerprint density at radius 3 is 2.83 bits per heavy atom.